The van der Waals surface area contributed by atoms with Gasteiger partial charge in [-0.2, -0.15) is 11.3 Å². The van der Waals surface area contributed by atoms with Crippen molar-refractivity contribution in [1.82, 2.24) is 9.97 Å². The van der Waals surface area contributed by atoms with Crippen LogP contribution in [0.5, 0.6) is 0 Å². The van der Waals surface area contributed by atoms with Crippen LogP contribution in [0, 0.1) is 12.1 Å². The number of nitrogens with zero attached hydrogens (tertiary/aromatic N) is 2. The Kier molecular flexibility index (Phi) is 7.18. The summed E-state index contributed by atoms with van der Waals surface area (Å²) in [4.78, 5) is 8.66. The van der Waals surface area contributed by atoms with Crippen LogP contribution in [0.25, 0.3) is 42.7 Å². The van der Waals surface area contributed by atoms with Gasteiger partial charge in [-0.3, -0.25) is 0 Å². The molecule has 0 unspecified atom stereocenters. The van der Waals surface area contributed by atoms with Crippen molar-refractivity contribution in [3.05, 3.63) is 122 Å². The molecule has 0 fully saturated rings. The first-order chi connectivity index (χ1) is 15.4. The molecule has 0 spiro atoms. The second kappa shape index (κ2) is 10.4. The maximum Gasteiger partial charge on any atom is 0.0239 e. The molecule has 32 heavy (non-hydrogen) atoms. The SMILES string of the molecule is [Ir].[c-]1ccc2c(sc3ccccc32)c1-c1ccccn1.[c-]1ccccc1-c1ccccn1. The van der Waals surface area contributed by atoms with E-state index in [-0.39, 0.29) is 20.1 Å². The zero-order valence-electron chi connectivity index (χ0n) is 17.0. The molecule has 6 rings (SSSR count). The summed E-state index contributed by atoms with van der Waals surface area (Å²) in [5.41, 5.74) is 4.09. The van der Waals surface area contributed by atoms with Crippen LogP contribution in [0.4, 0.5) is 0 Å². The average molecular weight is 607 g/mol. The Morgan fingerprint density at radius 2 is 1.31 bits per heavy atom. The molecule has 4 heteroatoms. The standard InChI is InChI=1S/C17H10NS.C11H8N.Ir/c1-2-10-16-12(6-1)13-7-5-8-14(17(13)19-16)15-9-3-4-11-18-15;1-2-6-10(7-3-1)11-8-4-5-9-12-11;/h1-7,9-11H;1-6,8-9H;/q2*-1;. The zero-order valence-corrected chi connectivity index (χ0v) is 20.2. The summed E-state index contributed by atoms with van der Waals surface area (Å²) in [6.07, 6.45) is 3.62. The molecule has 6 aromatic rings. The smallest absolute Gasteiger partial charge is 0.0239 e. The van der Waals surface area contributed by atoms with Crippen LogP contribution in [0.2, 0.25) is 0 Å². The summed E-state index contributed by atoms with van der Waals surface area (Å²) in [5.74, 6) is 0. The van der Waals surface area contributed by atoms with E-state index in [9.17, 15) is 0 Å². The topological polar surface area (TPSA) is 25.8 Å². The Morgan fingerprint density at radius 1 is 0.594 bits per heavy atom. The van der Waals surface area contributed by atoms with Gasteiger partial charge in [-0.15, -0.1) is 59.7 Å². The summed E-state index contributed by atoms with van der Waals surface area (Å²) in [6.45, 7) is 0. The first-order valence-corrected chi connectivity index (χ1v) is 10.8. The molecule has 0 aliphatic rings. The predicted molar refractivity (Wildman–Crippen MR) is 130 cm³/mol. The summed E-state index contributed by atoms with van der Waals surface area (Å²) in [5, 5.41) is 2.61. The first-order valence-electron chi connectivity index (χ1n) is 10.0. The van der Waals surface area contributed by atoms with Crippen molar-refractivity contribution < 1.29 is 20.1 Å². The van der Waals surface area contributed by atoms with E-state index < -0.39 is 0 Å². The monoisotopic (exact) mass is 607 g/mol. The normalized spacial score (nSPS) is 10.2. The molecule has 0 amide bonds. The van der Waals surface area contributed by atoms with Crippen molar-refractivity contribution in [2.75, 3.05) is 0 Å². The molecule has 0 N–H and O–H groups in total. The molecule has 0 atom stereocenters. The number of fused-ring (bicyclic) bond motifs is 3. The molecule has 3 aromatic carbocycles. The van der Waals surface area contributed by atoms with Crippen molar-refractivity contribution in [3.63, 3.8) is 0 Å². The van der Waals surface area contributed by atoms with E-state index in [0.717, 1.165) is 22.5 Å². The number of hydrogen-bond acceptors (Lipinski definition) is 3. The van der Waals surface area contributed by atoms with Crippen LogP contribution < -0.4 is 0 Å². The number of aromatic nitrogens is 2. The Bertz CT molecular complexity index is 1380. The molecule has 1 radical (unpaired) electrons. The molecular formula is C28H18IrN2S-2. The molecule has 0 aliphatic carbocycles. The Balaban J connectivity index is 0.000000164. The van der Waals surface area contributed by atoms with E-state index in [1.165, 1.54) is 20.2 Å². The minimum atomic E-state index is 0. The van der Waals surface area contributed by atoms with Crippen LogP contribution in [-0.2, 0) is 20.1 Å². The van der Waals surface area contributed by atoms with Crippen molar-refractivity contribution >= 4 is 31.5 Å². The summed E-state index contributed by atoms with van der Waals surface area (Å²) in [7, 11) is 0. The number of thiophene rings is 1. The molecule has 157 valence electrons. The van der Waals surface area contributed by atoms with Gasteiger partial charge in [-0.25, -0.2) is 0 Å². The van der Waals surface area contributed by atoms with Gasteiger partial charge in [0.05, 0.1) is 0 Å². The average Bonchev–Trinajstić information content (AvgIpc) is 3.25. The van der Waals surface area contributed by atoms with Gasteiger partial charge in [0.15, 0.2) is 0 Å². The first kappa shape index (κ1) is 22.0. The summed E-state index contributed by atoms with van der Waals surface area (Å²) < 4.78 is 2.58. The van der Waals surface area contributed by atoms with Crippen LogP contribution in [0.3, 0.4) is 0 Å². The van der Waals surface area contributed by atoms with Crippen LogP contribution in [-0.4, -0.2) is 9.97 Å². The van der Waals surface area contributed by atoms with E-state index in [2.05, 4.69) is 52.4 Å². The van der Waals surface area contributed by atoms with Gasteiger partial charge in [0.25, 0.3) is 0 Å². The quantitative estimate of drug-likeness (QED) is 0.191. The van der Waals surface area contributed by atoms with Crippen LogP contribution in [0.15, 0.2) is 109 Å². The summed E-state index contributed by atoms with van der Waals surface area (Å²) >= 11 is 1.81. The van der Waals surface area contributed by atoms with Gasteiger partial charge in [0, 0.05) is 37.2 Å². The number of benzene rings is 3. The molecule has 0 saturated carbocycles. The Morgan fingerprint density at radius 3 is 2.03 bits per heavy atom. The largest absolute Gasteiger partial charge is 0.305 e. The van der Waals surface area contributed by atoms with Gasteiger partial charge in [0.2, 0.25) is 0 Å². The van der Waals surface area contributed by atoms with Crippen molar-refractivity contribution in [2.45, 2.75) is 0 Å². The minimum Gasteiger partial charge on any atom is -0.305 e. The van der Waals surface area contributed by atoms with Gasteiger partial charge < -0.3 is 9.97 Å². The predicted octanol–water partition coefficient (Wildman–Crippen LogP) is 7.46. The fourth-order valence-corrected chi connectivity index (χ4v) is 4.67. The fraction of sp³-hybridized carbons (Fsp3) is 0. The van der Waals surface area contributed by atoms with E-state index in [1.807, 2.05) is 84.3 Å². The molecule has 0 bridgehead atoms. The molecule has 0 saturated heterocycles. The number of pyridine rings is 2. The van der Waals surface area contributed by atoms with E-state index in [0.29, 0.717) is 0 Å². The fourth-order valence-electron chi connectivity index (χ4n) is 3.47. The minimum absolute atomic E-state index is 0. The second-order valence-electron chi connectivity index (χ2n) is 6.90. The third kappa shape index (κ3) is 4.68. The Hall–Kier alpha value is -3.17. The second-order valence-corrected chi connectivity index (χ2v) is 7.95. The Labute approximate surface area is 205 Å². The van der Waals surface area contributed by atoms with Crippen molar-refractivity contribution in [3.8, 4) is 22.5 Å². The van der Waals surface area contributed by atoms with E-state index in [1.54, 1.807) is 6.20 Å². The van der Waals surface area contributed by atoms with Crippen molar-refractivity contribution in [2.24, 2.45) is 0 Å². The van der Waals surface area contributed by atoms with Gasteiger partial charge in [-0.1, -0.05) is 47.9 Å². The molecular weight excluding hydrogens is 589 g/mol. The van der Waals surface area contributed by atoms with Gasteiger partial charge >= 0.3 is 0 Å². The molecule has 2 nitrogen and oxygen atoms in total. The molecule has 3 heterocycles. The summed E-state index contributed by atoms with van der Waals surface area (Å²) in [6, 6.07) is 38.8. The van der Waals surface area contributed by atoms with Gasteiger partial charge in [-0.05, 0) is 39.7 Å². The van der Waals surface area contributed by atoms with E-state index in [4.69, 9.17) is 0 Å². The number of rotatable bonds is 2. The van der Waals surface area contributed by atoms with Crippen LogP contribution in [0.1, 0.15) is 0 Å². The third-order valence-corrected chi connectivity index (χ3v) is 6.11. The number of hydrogen-bond donors (Lipinski definition) is 0. The zero-order chi connectivity index (χ0) is 20.9. The third-order valence-electron chi connectivity index (χ3n) is 4.91. The molecule has 0 aliphatic heterocycles. The van der Waals surface area contributed by atoms with Crippen LogP contribution >= 0.6 is 11.3 Å². The maximum absolute atomic E-state index is 4.44. The maximum atomic E-state index is 4.44. The molecule has 3 aromatic heterocycles. The van der Waals surface area contributed by atoms with Crippen molar-refractivity contribution in [1.29, 1.82) is 0 Å². The van der Waals surface area contributed by atoms with Gasteiger partial charge in [0.1, 0.15) is 0 Å². The van der Waals surface area contributed by atoms with E-state index >= 15 is 0 Å².